The summed E-state index contributed by atoms with van der Waals surface area (Å²) in [4.78, 5) is 0.0952. The lowest BCUT2D eigenvalue weighted by atomic mass is 10.2. The predicted molar refractivity (Wildman–Crippen MR) is 94.6 cm³/mol. The first-order valence-corrected chi connectivity index (χ1v) is 9.81. The van der Waals surface area contributed by atoms with Gasteiger partial charge in [-0.05, 0) is 24.3 Å². The molecule has 2 aromatic rings. The number of hydrogen-bond donors (Lipinski definition) is 1. The second-order valence-electron chi connectivity index (χ2n) is 6.26. The minimum Gasteiger partial charge on any atom is -0.486 e. The highest BCUT2D eigenvalue weighted by molar-refractivity contribution is 7.92. The normalized spacial score (nSPS) is 20.7. The average molecular weight is 377 g/mol. The van der Waals surface area contributed by atoms with Crippen LogP contribution in [0.15, 0.2) is 41.3 Å². The lowest BCUT2D eigenvalue weighted by Gasteiger charge is -2.20. The molecule has 2 aliphatic heterocycles. The summed E-state index contributed by atoms with van der Waals surface area (Å²) in [6, 6.07) is 9.48. The summed E-state index contributed by atoms with van der Waals surface area (Å²) in [7, 11) is -3.78. The summed E-state index contributed by atoms with van der Waals surface area (Å²) in [5.41, 5.74) is 0.391. The standard InChI is InChI=1S/C18H19NO6S/c1-3-18(2)24-15-6-4-12(10-17(15)25-18)19-26(20,21)13-5-7-14-16(11-13)23-9-8-22-14/h4-7,10-11,19H,3,8-9H2,1-2H3. The fraction of sp³-hybridized carbons (Fsp3) is 0.333. The van der Waals surface area contributed by atoms with Crippen LogP contribution in [-0.2, 0) is 10.0 Å². The van der Waals surface area contributed by atoms with Crippen molar-refractivity contribution >= 4 is 15.7 Å². The Balaban J connectivity index is 1.59. The Morgan fingerprint density at radius 1 is 0.962 bits per heavy atom. The molecule has 1 unspecified atom stereocenters. The van der Waals surface area contributed by atoms with Crippen molar-refractivity contribution in [2.24, 2.45) is 0 Å². The predicted octanol–water partition coefficient (Wildman–Crippen LogP) is 3.16. The summed E-state index contributed by atoms with van der Waals surface area (Å²) < 4.78 is 50.3. The van der Waals surface area contributed by atoms with Gasteiger partial charge in [-0.25, -0.2) is 8.42 Å². The first-order valence-electron chi connectivity index (χ1n) is 8.33. The Hall–Kier alpha value is -2.61. The number of nitrogens with one attached hydrogen (secondary N) is 1. The number of rotatable bonds is 4. The smallest absolute Gasteiger partial charge is 0.262 e. The molecule has 0 spiro atoms. The molecular formula is C18H19NO6S. The summed E-state index contributed by atoms with van der Waals surface area (Å²) >= 11 is 0. The molecule has 138 valence electrons. The molecule has 0 aliphatic carbocycles. The van der Waals surface area contributed by atoms with Gasteiger partial charge in [-0.2, -0.15) is 0 Å². The van der Waals surface area contributed by atoms with E-state index in [0.717, 1.165) is 0 Å². The highest BCUT2D eigenvalue weighted by Gasteiger charge is 2.35. The number of ether oxygens (including phenoxy) is 4. The van der Waals surface area contributed by atoms with E-state index >= 15 is 0 Å². The maximum absolute atomic E-state index is 12.7. The summed E-state index contributed by atoms with van der Waals surface area (Å²) in [6.07, 6.45) is 0.667. The van der Waals surface area contributed by atoms with E-state index in [1.165, 1.54) is 12.1 Å². The molecule has 2 heterocycles. The summed E-state index contributed by atoms with van der Waals surface area (Å²) in [6.45, 7) is 4.64. The van der Waals surface area contributed by atoms with Crippen LogP contribution in [0.25, 0.3) is 0 Å². The van der Waals surface area contributed by atoms with Gasteiger partial charge in [-0.1, -0.05) is 6.92 Å². The van der Waals surface area contributed by atoms with Crippen molar-refractivity contribution in [3.8, 4) is 23.0 Å². The summed E-state index contributed by atoms with van der Waals surface area (Å²) in [5, 5.41) is 0. The Morgan fingerprint density at radius 2 is 1.65 bits per heavy atom. The Morgan fingerprint density at radius 3 is 2.42 bits per heavy atom. The fourth-order valence-electron chi connectivity index (χ4n) is 2.77. The minimum absolute atomic E-state index is 0.0952. The molecule has 2 aliphatic rings. The van der Waals surface area contributed by atoms with Crippen LogP contribution in [0.4, 0.5) is 5.69 Å². The highest BCUT2D eigenvalue weighted by Crippen LogP contribution is 2.42. The van der Waals surface area contributed by atoms with Gasteiger partial charge in [0.1, 0.15) is 13.2 Å². The van der Waals surface area contributed by atoms with Gasteiger partial charge in [0.05, 0.1) is 10.6 Å². The van der Waals surface area contributed by atoms with Gasteiger partial charge in [-0.3, -0.25) is 4.72 Å². The lowest BCUT2D eigenvalue weighted by Crippen LogP contribution is -2.33. The number of benzene rings is 2. The van der Waals surface area contributed by atoms with Crippen molar-refractivity contribution in [2.45, 2.75) is 31.0 Å². The zero-order valence-corrected chi connectivity index (χ0v) is 15.3. The minimum atomic E-state index is -3.78. The van der Waals surface area contributed by atoms with Crippen LogP contribution in [-0.4, -0.2) is 27.4 Å². The Labute approximate surface area is 151 Å². The summed E-state index contributed by atoms with van der Waals surface area (Å²) in [5.74, 6) is 1.34. The van der Waals surface area contributed by atoms with Crippen molar-refractivity contribution in [3.05, 3.63) is 36.4 Å². The van der Waals surface area contributed by atoms with Crippen LogP contribution in [0.1, 0.15) is 20.3 Å². The number of sulfonamides is 1. The van der Waals surface area contributed by atoms with Crippen LogP contribution in [0.2, 0.25) is 0 Å². The van der Waals surface area contributed by atoms with Crippen molar-refractivity contribution in [1.82, 2.24) is 0 Å². The third-order valence-electron chi connectivity index (χ3n) is 4.31. The molecule has 2 aromatic carbocycles. The van der Waals surface area contributed by atoms with E-state index in [9.17, 15) is 8.42 Å². The molecule has 0 fully saturated rings. The van der Waals surface area contributed by atoms with E-state index in [1.807, 2.05) is 13.8 Å². The van der Waals surface area contributed by atoms with Crippen LogP contribution in [0.3, 0.4) is 0 Å². The van der Waals surface area contributed by atoms with Crippen molar-refractivity contribution in [2.75, 3.05) is 17.9 Å². The number of fused-ring (bicyclic) bond motifs is 2. The third kappa shape index (κ3) is 3.01. The lowest BCUT2D eigenvalue weighted by molar-refractivity contribution is -0.0640. The highest BCUT2D eigenvalue weighted by atomic mass is 32.2. The van der Waals surface area contributed by atoms with Gasteiger partial charge in [-0.15, -0.1) is 0 Å². The van der Waals surface area contributed by atoms with Gasteiger partial charge < -0.3 is 18.9 Å². The van der Waals surface area contributed by atoms with Crippen molar-refractivity contribution < 1.29 is 27.4 Å². The average Bonchev–Trinajstić information content (AvgIpc) is 2.97. The maximum atomic E-state index is 12.7. The van der Waals surface area contributed by atoms with Crippen molar-refractivity contribution in [3.63, 3.8) is 0 Å². The van der Waals surface area contributed by atoms with E-state index in [-0.39, 0.29) is 4.90 Å². The van der Waals surface area contributed by atoms with E-state index in [4.69, 9.17) is 18.9 Å². The monoisotopic (exact) mass is 377 g/mol. The van der Waals surface area contributed by atoms with E-state index < -0.39 is 15.8 Å². The second-order valence-corrected chi connectivity index (χ2v) is 7.95. The zero-order valence-electron chi connectivity index (χ0n) is 14.4. The molecule has 26 heavy (non-hydrogen) atoms. The molecule has 1 N–H and O–H groups in total. The van der Waals surface area contributed by atoms with E-state index in [1.54, 1.807) is 24.3 Å². The molecule has 0 bridgehead atoms. The second kappa shape index (κ2) is 5.98. The maximum Gasteiger partial charge on any atom is 0.262 e. The molecule has 1 atom stereocenters. The van der Waals surface area contributed by atoms with E-state index in [2.05, 4.69) is 4.72 Å². The quantitative estimate of drug-likeness (QED) is 0.881. The van der Waals surface area contributed by atoms with E-state index in [0.29, 0.717) is 48.3 Å². The van der Waals surface area contributed by atoms with Gasteiger partial charge in [0.15, 0.2) is 23.0 Å². The van der Waals surface area contributed by atoms with Gasteiger partial charge in [0, 0.05) is 25.5 Å². The molecule has 0 saturated heterocycles. The Bertz CT molecular complexity index is 958. The number of anilines is 1. The van der Waals surface area contributed by atoms with Gasteiger partial charge in [0.25, 0.3) is 10.0 Å². The molecular weight excluding hydrogens is 358 g/mol. The zero-order chi connectivity index (χ0) is 18.4. The largest absolute Gasteiger partial charge is 0.486 e. The van der Waals surface area contributed by atoms with Crippen LogP contribution >= 0.6 is 0 Å². The van der Waals surface area contributed by atoms with Gasteiger partial charge in [0.2, 0.25) is 5.79 Å². The molecule has 8 heteroatoms. The fourth-order valence-corrected chi connectivity index (χ4v) is 3.84. The first-order chi connectivity index (χ1) is 12.4. The first kappa shape index (κ1) is 16.8. The van der Waals surface area contributed by atoms with Crippen LogP contribution < -0.4 is 23.7 Å². The molecule has 4 rings (SSSR count). The third-order valence-corrected chi connectivity index (χ3v) is 5.69. The topological polar surface area (TPSA) is 83.1 Å². The van der Waals surface area contributed by atoms with Crippen LogP contribution in [0, 0.1) is 0 Å². The van der Waals surface area contributed by atoms with Crippen LogP contribution in [0.5, 0.6) is 23.0 Å². The molecule has 0 aromatic heterocycles. The van der Waals surface area contributed by atoms with Gasteiger partial charge >= 0.3 is 0 Å². The number of hydrogen-bond acceptors (Lipinski definition) is 6. The molecule has 7 nitrogen and oxygen atoms in total. The molecule has 0 amide bonds. The van der Waals surface area contributed by atoms with Crippen molar-refractivity contribution in [1.29, 1.82) is 0 Å². The SMILES string of the molecule is CCC1(C)Oc2ccc(NS(=O)(=O)c3ccc4c(c3)OCCO4)cc2O1. The molecule has 0 saturated carbocycles. The Kier molecular flexibility index (Phi) is 3.87. The molecule has 0 radical (unpaired) electrons.